The highest BCUT2D eigenvalue weighted by Gasteiger charge is 2.08. The van der Waals surface area contributed by atoms with Crippen LogP contribution in [0.5, 0.6) is 0 Å². The Bertz CT molecular complexity index is 289. The molecule has 2 N–H and O–H groups in total. The Morgan fingerprint density at radius 1 is 1.38 bits per heavy atom. The third-order valence-electron chi connectivity index (χ3n) is 2.15. The van der Waals surface area contributed by atoms with E-state index in [0.29, 0.717) is 0 Å². The lowest BCUT2D eigenvalue weighted by Gasteiger charge is -2.06. The number of nitrogens with two attached hydrogens (primary N) is 1. The smallest absolute Gasteiger partial charge is 0.220 e. The lowest BCUT2D eigenvalue weighted by atomic mass is 10.00. The van der Waals surface area contributed by atoms with E-state index in [1.165, 1.54) is 5.56 Å². The van der Waals surface area contributed by atoms with E-state index in [-0.39, 0.29) is 11.8 Å². The zero-order valence-electron chi connectivity index (χ0n) is 8.08. The highest BCUT2D eigenvalue weighted by Crippen LogP contribution is 2.09. The molecule has 1 unspecified atom stereocenters. The number of primary amides is 1. The molecule has 0 aromatic heterocycles. The number of hydrogen-bond donors (Lipinski definition) is 1. The maximum atomic E-state index is 10.8. The number of rotatable bonds is 3. The Balaban J connectivity index is 2.64. The molecule has 2 nitrogen and oxygen atoms in total. The molecule has 0 fully saturated rings. The predicted octanol–water partition coefficient (Wildman–Crippen LogP) is 1.66. The summed E-state index contributed by atoms with van der Waals surface area (Å²) in [5.41, 5.74) is 7.57. The van der Waals surface area contributed by atoms with Gasteiger partial charge in [0.25, 0.3) is 0 Å². The van der Waals surface area contributed by atoms with Crippen molar-refractivity contribution in [2.24, 2.45) is 11.7 Å². The molecule has 13 heavy (non-hydrogen) atoms. The summed E-state index contributed by atoms with van der Waals surface area (Å²) < 4.78 is 0. The third kappa shape index (κ3) is 2.90. The fourth-order valence-electron chi connectivity index (χ4n) is 1.18. The van der Waals surface area contributed by atoms with Crippen molar-refractivity contribution in [3.05, 3.63) is 35.4 Å². The first-order valence-corrected chi connectivity index (χ1v) is 4.44. The van der Waals surface area contributed by atoms with E-state index in [2.05, 4.69) is 0 Å². The third-order valence-corrected chi connectivity index (χ3v) is 2.15. The molecule has 0 bridgehead atoms. The molecule has 0 spiro atoms. The van der Waals surface area contributed by atoms with Gasteiger partial charge < -0.3 is 5.73 Å². The van der Waals surface area contributed by atoms with Crippen LogP contribution in [-0.4, -0.2) is 5.91 Å². The molecule has 1 aromatic carbocycles. The Morgan fingerprint density at radius 3 is 2.38 bits per heavy atom. The number of amides is 1. The molecular weight excluding hydrogens is 162 g/mol. The summed E-state index contributed by atoms with van der Waals surface area (Å²) in [7, 11) is 0. The zero-order valence-corrected chi connectivity index (χ0v) is 8.08. The van der Waals surface area contributed by atoms with Crippen LogP contribution >= 0.6 is 0 Å². The van der Waals surface area contributed by atoms with Gasteiger partial charge in [0.15, 0.2) is 0 Å². The van der Waals surface area contributed by atoms with Gasteiger partial charge in [0, 0.05) is 5.92 Å². The largest absolute Gasteiger partial charge is 0.369 e. The van der Waals surface area contributed by atoms with E-state index in [9.17, 15) is 4.79 Å². The molecule has 70 valence electrons. The van der Waals surface area contributed by atoms with Crippen LogP contribution in [0.4, 0.5) is 0 Å². The van der Waals surface area contributed by atoms with Crippen molar-refractivity contribution in [2.45, 2.75) is 20.3 Å². The maximum absolute atomic E-state index is 10.8. The van der Waals surface area contributed by atoms with Crippen molar-refractivity contribution in [3.63, 3.8) is 0 Å². The second-order valence-corrected chi connectivity index (χ2v) is 3.49. The fourth-order valence-corrected chi connectivity index (χ4v) is 1.18. The van der Waals surface area contributed by atoms with Gasteiger partial charge in [-0.25, -0.2) is 0 Å². The fraction of sp³-hybridized carbons (Fsp3) is 0.364. The zero-order chi connectivity index (χ0) is 9.84. The van der Waals surface area contributed by atoms with Gasteiger partial charge in [-0.3, -0.25) is 4.79 Å². The molecule has 0 aliphatic carbocycles. The molecule has 0 saturated heterocycles. The van der Waals surface area contributed by atoms with E-state index < -0.39 is 0 Å². The summed E-state index contributed by atoms with van der Waals surface area (Å²) in [6, 6.07) is 8.16. The molecule has 0 aliphatic rings. The van der Waals surface area contributed by atoms with Gasteiger partial charge in [-0.1, -0.05) is 36.8 Å². The molecule has 0 radical (unpaired) electrons. The molecule has 1 atom stereocenters. The van der Waals surface area contributed by atoms with Gasteiger partial charge in [0.1, 0.15) is 0 Å². The molecule has 0 saturated carbocycles. The highest BCUT2D eigenvalue weighted by molar-refractivity contribution is 5.76. The first-order valence-electron chi connectivity index (χ1n) is 4.44. The normalized spacial score (nSPS) is 12.5. The standard InChI is InChI=1S/C11H15NO/c1-8-3-5-10(6-4-8)7-9(2)11(12)13/h3-6,9H,7H2,1-2H3,(H2,12,13). The van der Waals surface area contributed by atoms with Crippen LogP contribution in [0.15, 0.2) is 24.3 Å². The van der Waals surface area contributed by atoms with Crippen LogP contribution in [0.3, 0.4) is 0 Å². The van der Waals surface area contributed by atoms with Gasteiger partial charge in [-0.2, -0.15) is 0 Å². The Morgan fingerprint density at radius 2 is 1.92 bits per heavy atom. The molecule has 0 aliphatic heterocycles. The average Bonchev–Trinajstić information content (AvgIpc) is 2.08. The van der Waals surface area contributed by atoms with Crippen molar-refractivity contribution in [3.8, 4) is 0 Å². The van der Waals surface area contributed by atoms with Gasteiger partial charge >= 0.3 is 0 Å². The average molecular weight is 177 g/mol. The van der Waals surface area contributed by atoms with Crippen molar-refractivity contribution >= 4 is 5.91 Å². The predicted molar refractivity (Wildman–Crippen MR) is 53.2 cm³/mol. The van der Waals surface area contributed by atoms with Gasteiger partial charge in [-0.05, 0) is 18.9 Å². The maximum Gasteiger partial charge on any atom is 0.220 e. The van der Waals surface area contributed by atoms with Crippen LogP contribution in [0, 0.1) is 12.8 Å². The Kier molecular flexibility index (Phi) is 3.07. The van der Waals surface area contributed by atoms with E-state index in [1.54, 1.807) is 0 Å². The van der Waals surface area contributed by atoms with Crippen LogP contribution in [0.1, 0.15) is 18.1 Å². The molecule has 1 aromatic rings. The van der Waals surface area contributed by atoms with E-state index in [4.69, 9.17) is 5.73 Å². The molecule has 1 amide bonds. The van der Waals surface area contributed by atoms with Crippen molar-refractivity contribution < 1.29 is 4.79 Å². The van der Waals surface area contributed by atoms with E-state index >= 15 is 0 Å². The minimum atomic E-state index is -0.236. The summed E-state index contributed by atoms with van der Waals surface area (Å²) >= 11 is 0. The molecule has 2 heteroatoms. The second kappa shape index (κ2) is 4.08. The van der Waals surface area contributed by atoms with Crippen LogP contribution < -0.4 is 5.73 Å². The summed E-state index contributed by atoms with van der Waals surface area (Å²) in [6.07, 6.45) is 0.732. The van der Waals surface area contributed by atoms with Crippen molar-refractivity contribution in [1.82, 2.24) is 0 Å². The van der Waals surface area contributed by atoms with Crippen LogP contribution in [0.2, 0.25) is 0 Å². The highest BCUT2D eigenvalue weighted by atomic mass is 16.1. The Hall–Kier alpha value is -1.31. The molecular formula is C11H15NO. The quantitative estimate of drug-likeness (QED) is 0.749. The van der Waals surface area contributed by atoms with Crippen molar-refractivity contribution in [1.29, 1.82) is 0 Å². The lowest BCUT2D eigenvalue weighted by Crippen LogP contribution is -2.22. The summed E-state index contributed by atoms with van der Waals surface area (Å²) in [6.45, 7) is 3.89. The summed E-state index contributed by atoms with van der Waals surface area (Å²) in [5, 5.41) is 0. The van der Waals surface area contributed by atoms with Gasteiger partial charge in [-0.15, -0.1) is 0 Å². The van der Waals surface area contributed by atoms with E-state index in [0.717, 1.165) is 12.0 Å². The minimum absolute atomic E-state index is 0.0808. The second-order valence-electron chi connectivity index (χ2n) is 3.49. The SMILES string of the molecule is Cc1ccc(CC(C)C(N)=O)cc1. The number of carbonyl (C=O) groups is 1. The molecule has 1 rings (SSSR count). The van der Waals surface area contributed by atoms with Gasteiger partial charge in [0.05, 0.1) is 0 Å². The summed E-state index contributed by atoms with van der Waals surface area (Å²) in [5.74, 6) is -0.316. The number of aryl methyl sites for hydroxylation is 1. The van der Waals surface area contributed by atoms with E-state index in [1.807, 2.05) is 38.1 Å². The Labute approximate surface area is 78.8 Å². The summed E-state index contributed by atoms with van der Waals surface area (Å²) in [4.78, 5) is 10.8. The first-order chi connectivity index (χ1) is 6.09. The first kappa shape index (κ1) is 9.78. The van der Waals surface area contributed by atoms with Crippen LogP contribution in [-0.2, 0) is 11.2 Å². The number of benzene rings is 1. The monoisotopic (exact) mass is 177 g/mol. The molecule has 0 heterocycles. The number of hydrogen-bond acceptors (Lipinski definition) is 1. The van der Waals surface area contributed by atoms with Gasteiger partial charge in [0.2, 0.25) is 5.91 Å². The van der Waals surface area contributed by atoms with Crippen LogP contribution in [0.25, 0.3) is 0 Å². The number of carbonyl (C=O) groups excluding carboxylic acids is 1. The topological polar surface area (TPSA) is 43.1 Å². The van der Waals surface area contributed by atoms with Crippen molar-refractivity contribution in [2.75, 3.05) is 0 Å². The lowest BCUT2D eigenvalue weighted by molar-refractivity contribution is -0.121. The minimum Gasteiger partial charge on any atom is -0.369 e.